The molecule has 5 heteroatoms. The second-order valence-electron chi connectivity index (χ2n) is 5.54. The van der Waals surface area contributed by atoms with Gasteiger partial charge in [0, 0.05) is 23.8 Å². The lowest BCUT2D eigenvalue weighted by molar-refractivity contribution is -0.121. The number of nitrogens with two attached hydrogens (primary N) is 1. The van der Waals surface area contributed by atoms with E-state index < -0.39 is 0 Å². The fourth-order valence-electron chi connectivity index (χ4n) is 1.77. The lowest BCUT2D eigenvalue weighted by atomic mass is 10.1. The van der Waals surface area contributed by atoms with Crippen LogP contribution < -0.4 is 16.0 Å². The maximum absolute atomic E-state index is 11.9. The minimum absolute atomic E-state index is 0.0345. The molecule has 0 fully saturated rings. The molecule has 0 aliphatic carbocycles. The van der Waals surface area contributed by atoms with Gasteiger partial charge in [-0.05, 0) is 32.9 Å². The lowest BCUT2D eigenvalue weighted by Gasteiger charge is -2.25. The van der Waals surface area contributed by atoms with Crippen molar-refractivity contribution < 1.29 is 4.79 Å². The number of nitrogens with zero attached hydrogens (tertiary/aromatic N) is 1. The van der Waals surface area contributed by atoms with Gasteiger partial charge < -0.3 is 16.0 Å². The van der Waals surface area contributed by atoms with Crippen molar-refractivity contribution in [1.82, 2.24) is 5.32 Å². The summed E-state index contributed by atoms with van der Waals surface area (Å²) in [5.74, 6) is -0.0345. The number of likely N-dealkylation sites (N-methyl/N-ethyl adjacent to an activating group) is 1. The van der Waals surface area contributed by atoms with Crippen molar-refractivity contribution >= 4 is 28.8 Å². The van der Waals surface area contributed by atoms with Crippen LogP contribution in [0.4, 0.5) is 5.69 Å². The van der Waals surface area contributed by atoms with Crippen LogP contribution in [0.2, 0.25) is 0 Å². The minimum Gasteiger partial charge on any atom is -0.389 e. The molecule has 0 aliphatic heterocycles. The van der Waals surface area contributed by atoms with Gasteiger partial charge in [-0.15, -0.1) is 0 Å². The number of amides is 1. The van der Waals surface area contributed by atoms with Crippen LogP contribution >= 0.6 is 12.2 Å². The summed E-state index contributed by atoms with van der Waals surface area (Å²) in [6.45, 7) is 6.12. The summed E-state index contributed by atoms with van der Waals surface area (Å²) in [5, 5.41) is 2.92. The Morgan fingerprint density at radius 2 is 1.95 bits per heavy atom. The minimum atomic E-state index is -0.236. The summed E-state index contributed by atoms with van der Waals surface area (Å²) in [6, 6.07) is 7.53. The highest BCUT2D eigenvalue weighted by Crippen LogP contribution is 2.18. The Labute approximate surface area is 120 Å². The lowest BCUT2D eigenvalue weighted by Crippen LogP contribution is -2.45. The molecule has 0 bridgehead atoms. The van der Waals surface area contributed by atoms with Crippen LogP contribution in [0.5, 0.6) is 0 Å². The Hall–Kier alpha value is -1.62. The van der Waals surface area contributed by atoms with Gasteiger partial charge in [0.2, 0.25) is 5.91 Å². The van der Waals surface area contributed by atoms with Gasteiger partial charge in [0.05, 0.1) is 6.54 Å². The van der Waals surface area contributed by atoms with E-state index in [1.165, 1.54) is 0 Å². The quantitative estimate of drug-likeness (QED) is 0.823. The number of rotatable bonds is 4. The van der Waals surface area contributed by atoms with Crippen molar-refractivity contribution in [3.63, 3.8) is 0 Å². The molecule has 0 aliphatic rings. The SMILES string of the molecule is CN(CC(=O)NC(C)(C)C)c1ccccc1C(N)=S. The molecule has 0 saturated heterocycles. The van der Waals surface area contributed by atoms with E-state index in [1.54, 1.807) is 0 Å². The predicted octanol–water partition coefficient (Wildman–Crippen LogP) is 1.67. The Bertz CT molecular complexity index is 480. The third kappa shape index (κ3) is 4.87. The van der Waals surface area contributed by atoms with Crippen molar-refractivity contribution in [1.29, 1.82) is 0 Å². The van der Waals surface area contributed by atoms with E-state index in [9.17, 15) is 4.79 Å². The Morgan fingerprint density at radius 1 is 1.37 bits per heavy atom. The maximum Gasteiger partial charge on any atom is 0.239 e. The number of carbonyl (C=O) groups is 1. The fourth-order valence-corrected chi connectivity index (χ4v) is 1.95. The summed E-state index contributed by atoms with van der Waals surface area (Å²) in [6.07, 6.45) is 0. The Kier molecular flexibility index (Phi) is 4.89. The number of hydrogen-bond acceptors (Lipinski definition) is 3. The number of carbonyl (C=O) groups excluding carboxylic acids is 1. The van der Waals surface area contributed by atoms with Crippen LogP contribution in [-0.4, -0.2) is 30.0 Å². The zero-order valence-electron chi connectivity index (χ0n) is 11.9. The smallest absolute Gasteiger partial charge is 0.239 e. The van der Waals surface area contributed by atoms with Crippen molar-refractivity contribution in [2.45, 2.75) is 26.3 Å². The first-order valence-electron chi connectivity index (χ1n) is 6.11. The van der Waals surface area contributed by atoms with Gasteiger partial charge >= 0.3 is 0 Å². The summed E-state index contributed by atoms with van der Waals surface area (Å²) >= 11 is 5.02. The van der Waals surface area contributed by atoms with E-state index >= 15 is 0 Å². The molecule has 4 nitrogen and oxygen atoms in total. The number of thiocarbonyl (C=S) groups is 1. The highest BCUT2D eigenvalue weighted by molar-refractivity contribution is 7.80. The first-order chi connectivity index (χ1) is 8.70. The second kappa shape index (κ2) is 6.02. The summed E-state index contributed by atoms with van der Waals surface area (Å²) < 4.78 is 0. The summed E-state index contributed by atoms with van der Waals surface area (Å²) in [4.78, 5) is 14.1. The van der Waals surface area contributed by atoms with Crippen LogP contribution in [0.1, 0.15) is 26.3 Å². The second-order valence-corrected chi connectivity index (χ2v) is 5.98. The molecule has 0 heterocycles. The molecule has 0 radical (unpaired) electrons. The highest BCUT2D eigenvalue weighted by atomic mass is 32.1. The molecule has 0 aromatic heterocycles. The zero-order valence-corrected chi connectivity index (χ0v) is 12.7. The Morgan fingerprint density at radius 3 is 2.47 bits per heavy atom. The fraction of sp³-hybridized carbons (Fsp3) is 0.429. The van der Waals surface area contributed by atoms with Gasteiger partial charge in [-0.2, -0.15) is 0 Å². The van der Waals surface area contributed by atoms with Crippen molar-refractivity contribution in [2.75, 3.05) is 18.5 Å². The highest BCUT2D eigenvalue weighted by Gasteiger charge is 2.16. The van der Waals surface area contributed by atoms with E-state index in [2.05, 4.69) is 5.32 Å². The normalized spacial score (nSPS) is 10.9. The van der Waals surface area contributed by atoms with E-state index in [-0.39, 0.29) is 18.0 Å². The van der Waals surface area contributed by atoms with Gasteiger partial charge in [0.15, 0.2) is 0 Å². The van der Waals surface area contributed by atoms with E-state index in [1.807, 2.05) is 57.0 Å². The van der Waals surface area contributed by atoms with Crippen LogP contribution in [0, 0.1) is 0 Å². The number of anilines is 1. The molecule has 0 atom stereocenters. The molecule has 104 valence electrons. The average Bonchev–Trinajstić information content (AvgIpc) is 2.26. The monoisotopic (exact) mass is 279 g/mol. The molecule has 1 rings (SSSR count). The number of nitrogens with one attached hydrogen (secondary N) is 1. The predicted molar refractivity (Wildman–Crippen MR) is 83.5 cm³/mol. The van der Waals surface area contributed by atoms with E-state index in [0.29, 0.717) is 4.99 Å². The van der Waals surface area contributed by atoms with Crippen molar-refractivity contribution in [3.8, 4) is 0 Å². The van der Waals surface area contributed by atoms with Crippen molar-refractivity contribution in [3.05, 3.63) is 29.8 Å². The topological polar surface area (TPSA) is 58.4 Å². The van der Waals surface area contributed by atoms with E-state index in [0.717, 1.165) is 11.3 Å². The molecule has 1 aromatic carbocycles. The standard InChI is InChI=1S/C14H21N3OS/c1-14(2,3)16-12(18)9-17(4)11-8-6-5-7-10(11)13(15)19/h5-8H,9H2,1-4H3,(H2,15,19)(H,16,18). The van der Waals surface area contributed by atoms with Crippen molar-refractivity contribution in [2.24, 2.45) is 5.73 Å². The third-order valence-electron chi connectivity index (χ3n) is 2.48. The van der Waals surface area contributed by atoms with Gasteiger partial charge in [-0.25, -0.2) is 0 Å². The molecule has 1 aromatic rings. The van der Waals surface area contributed by atoms with Gasteiger partial charge in [-0.1, -0.05) is 24.4 Å². The van der Waals surface area contributed by atoms with Gasteiger partial charge in [-0.3, -0.25) is 4.79 Å². The maximum atomic E-state index is 11.9. The molecular formula is C14H21N3OS. The Balaban J connectivity index is 2.82. The van der Waals surface area contributed by atoms with Crippen LogP contribution in [0.15, 0.2) is 24.3 Å². The summed E-state index contributed by atoms with van der Waals surface area (Å²) in [5.41, 5.74) is 7.09. The molecule has 3 N–H and O–H groups in total. The first kappa shape index (κ1) is 15.4. The largest absolute Gasteiger partial charge is 0.389 e. The number of hydrogen-bond donors (Lipinski definition) is 2. The van der Waals surface area contributed by atoms with E-state index in [4.69, 9.17) is 18.0 Å². The average molecular weight is 279 g/mol. The molecule has 19 heavy (non-hydrogen) atoms. The third-order valence-corrected chi connectivity index (χ3v) is 2.70. The molecule has 0 spiro atoms. The van der Waals surface area contributed by atoms with Crippen LogP contribution in [0.3, 0.4) is 0 Å². The molecular weight excluding hydrogens is 258 g/mol. The van der Waals surface area contributed by atoms with Gasteiger partial charge in [0.25, 0.3) is 0 Å². The zero-order chi connectivity index (χ0) is 14.6. The number of para-hydroxylation sites is 1. The van der Waals surface area contributed by atoms with Crippen LogP contribution in [0.25, 0.3) is 0 Å². The van der Waals surface area contributed by atoms with Gasteiger partial charge in [0.1, 0.15) is 4.99 Å². The molecule has 0 saturated carbocycles. The molecule has 1 amide bonds. The first-order valence-corrected chi connectivity index (χ1v) is 6.52. The molecule has 0 unspecified atom stereocenters. The number of benzene rings is 1. The van der Waals surface area contributed by atoms with Crippen LogP contribution in [-0.2, 0) is 4.79 Å². The summed E-state index contributed by atoms with van der Waals surface area (Å²) in [7, 11) is 1.85.